The van der Waals surface area contributed by atoms with Crippen molar-refractivity contribution in [3.05, 3.63) is 206 Å². The lowest BCUT2D eigenvalue weighted by molar-refractivity contribution is 0.901. The first-order valence-electron chi connectivity index (χ1n) is 17.2. The van der Waals surface area contributed by atoms with Gasteiger partial charge in [0.1, 0.15) is 0 Å². The van der Waals surface area contributed by atoms with Crippen molar-refractivity contribution in [2.24, 2.45) is 16.4 Å². The predicted molar refractivity (Wildman–Crippen MR) is 218 cm³/mol. The lowest BCUT2D eigenvalue weighted by atomic mass is 10.3. The van der Waals surface area contributed by atoms with Gasteiger partial charge in [0, 0.05) is 18.5 Å². The highest BCUT2D eigenvalue weighted by molar-refractivity contribution is 7.11. The van der Waals surface area contributed by atoms with Crippen LogP contribution in [0.2, 0.25) is 0 Å². The minimum Gasteiger partial charge on any atom is -0.342 e. The molecule has 7 aromatic rings. The van der Waals surface area contributed by atoms with Gasteiger partial charge in [0.2, 0.25) is 0 Å². The molecule has 3 nitrogen and oxygen atoms in total. The molecule has 244 valence electrons. The van der Waals surface area contributed by atoms with E-state index in [2.05, 4.69) is 220 Å². The average Bonchev–Trinajstić information content (AvgIpc) is 3.59. The molecule has 0 spiro atoms. The molecule has 0 saturated heterocycles. The molecule has 5 heteroatoms. The maximum Gasteiger partial charge on any atom is 0.273 e. The Balaban J connectivity index is 1.41. The minimum absolute atomic E-state index is 1.01. The first-order valence-corrected chi connectivity index (χ1v) is 21.1. The van der Waals surface area contributed by atoms with Gasteiger partial charge < -0.3 is 13.9 Å². The molecule has 0 aliphatic carbocycles. The Morgan fingerprint density at radius 3 is 0.740 bits per heavy atom. The summed E-state index contributed by atoms with van der Waals surface area (Å²) in [5.74, 6) is 0. The quantitative estimate of drug-likeness (QED) is 0.0969. The lowest BCUT2D eigenvalue weighted by Gasteiger charge is -2.30. The summed E-state index contributed by atoms with van der Waals surface area (Å²) in [6.07, 6.45) is 0. The smallest absolute Gasteiger partial charge is 0.273 e. The fraction of sp³-hybridized carbons (Fsp3) is 0.0667. The molecule has 50 heavy (non-hydrogen) atoms. The second kappa shape index (κ2) is 14.5. The highest BCUT2D eigenvalue weighted by Gasteiger charge is 2.42. The SMILES string of the molecule is C/C(=N\[Si](c1ccccc1)(c1ccccc1)c1ccccc1)c1ccc(/C(C)=N/[Si](c2ccccc2)(c2ccccc2)c2ccccc2)n1C. The number of benzene rings is 6. The molecule has 0 radical (unpaired) electrons. The zero-order valence-electron chi connectivity index (χ0n) is 28.8. The summed E-state index contributed by atoms with van der Waals surface area (Å²) in [7, 11) is -3.51. The Labute approximate surface area is 298 Å². The molecule has 1 heterocycles. The van der Waals surface area contributed by atoms with E-state index in [1.165, 1.54) is 31.1 Å². The fourth-order valence-corrected chi connectivity index (χ4v) is 15.4. The van der Waals surface area contributed by atoms with Gasteiger partial charge in [-0.15, -0.1) is 0 Å². The maximum absolute atomic E-state index is 5.84. The van der Waals surface area contributed by atoms with Crippen LogP contribution in [0.5, 0.6) is 0 Å². The van der Waals surface area contributed by atoms with Gasteiger partial charge in [0.05, 0.1) is 11.4 Å². The van der Waals surface area contributed by atoms with Crippen LogP contribution in [0.4, 0.5) is 0 Å². The standard InChI is InChI=1S/C45H41N3Si2/c1-36(46-49(38-22-10-4-11-23-38,39-24-12-5-13-25-39)40-26-14-6-15-27-40)44-34-35-45(48(44)3)37(2)47-50(41-28-16-7-17-29-41,42-30-18-8-19-31-42)43-32-20-9-21-33-43/h4-35H,1-3H3/b46-36+,47-37+. The van der Waals surface area contributed by atoms with Crippen LogP contribution in [0.15, 0.2) is 203 Å². The van der Waals surface area contributed by atoms with Crippen LogP contribution < -0.4 is 31.1 Å². The lowest BCUT2D eigenvalue weighted by Crippen LogP contribution is -2.66. The normalized spacial score (nSPS) is 12.5. The van der Waals surface area contributed by atoms with Gasteiger partial charge >= 0.3 is 0 Å². The Hall–Kier alpha value is -5.63. The van der Waals surface area contributed by atoms with E-state index in [9.17, 15) is 0 Å². The molecule has 1 aromatic heterocycles. The molecule has 0 aliphatic heterocycles. The van der Waals surface area contributed by atoms with Gasteiger partial charge in [-0.05, 0) is 57.1 Å². The Morgan fingerprint density at radius 2 is 0.540 bits per heavy atom. The molecule has 0 unspecified atom stereocenters. The molecule has 0 fully saturated rings. The molecular formula is C45H41N3Si2. The molecule has 0 aliphatic rings. The summed E-state index contributed by atoms with van der Waals surface area (Å²) >= 11 is 0. The van der Waals surface area contributed by atoms with Crippen molar-refractivity contribution in [3.8, 4) is 0 Å². The van der Waals surface area contributed by atoms with Crippen LogP contribution in [-0.4, -0.2) is 32.5 Å². The molecule has 0 saturated carbocycles. The van der Waals surface area contributed by atoms with Gasteiger partial charge in [-0.3, -0.25) is 0 Å². The second-order valence-corrected chi connectivity index (χ2v) is 19.4. The van der Waals surface area contributed by atoms with Crippen molar-refractivity contribution in [3.63, 3.8) is 0 Å². The summed E-state index contributed by atoms with van der Waals surface area (Å²) in [5, 5.41) is 7.55. The molecule has 0 amide bonds. The number of nitrogens with zero attached hydrogens (tertiary/aromatic N) is 3. The van der Waals surface area contributed by atoms with E-state index in [0.717, 1.165) is 22.8 Å². The van der Waals surface area contributed by atoms with Gasteiger partial charge in [-0.1, -0.05) is 182 Å². The molecule has 7 rings (SSSR count). The predicted octanol–water partition coefficient (Wildman–Crippen LogP) is 5.98. The van der Waals surface area contributed by atoms with Crippen molar-refractivity contribution >= 4 is 59.0 Å². The zero-order valence-corrected chi connectivity index (χ0v) is 30.8. The number of hydrogen-bond acceptors (Lipinski definition) is 2. The molecule has 6 aromatic carbocycles. The summed E-state index contributed by atoms with van der Waals surface area (Å²) in [6.45, 7) is 4.33. The molecular weight excluding hydrogens is 639 g/mol. The number of aromatic nitrogens is 1. The monoisotopic (exact) mass is 679 g/mol. The topological polar surface area (TPSA) is 29.6 Å². The van der Waals surface area contributed by atoms with Crippen LogP contribution in [0.3, 0.4) is 0 Å². The number of hydrogen-bond donors (Lipinski definition) is 0. The average molecular weight is 680 g/mol. The van der Waals surface area contributed by atoms with Gasteiger partial charge in [-0.2, -0.15) is 0 Å². The summed E-state index contributed by atoms with van der Waals surface area (Å²) in [4.78, 5) is 0. The molecule has 0 atom stereocenters. The van der Waals surface area contributed by atoms with Crippen molar-refractivity contribution in [2.75, 3.05) is 0 Å². The van der Waals surface area contributed by atoms with Crippen LogP contribution >= 0.6 is 0 Å². The van der Waals surface area contributed by atoms with Gasteiger partial charge in [-0.25, -0.2) is 0 Å². The third kappa shape index (κ3) is 6.06. The first-order chi connectivity index (χ1) is 24.5. The fourth-order valence-electron chi connectivity index (χ4n) is 7.32. The summed E-state index contributed by atoms with van der Waals surface area (Å²) in [5.41, 5.74) is 4.18. The van der Waals surface area contributed by atoms with E-state index in [4.69, 9.17) is 9.32 Å². The molecule has 0 bridgehead atoms. The molecule has 0 N–H and O–H groups in total. The van der Waals surface area contributed by atoms with E-state index in [1.807, 2.05) is 0 Å². The highest BCUT2D eigenvalue weighted by Crippen LogP contribution is 2.18. The van der Waals surface area contributed by atoms with E-state index in [-0.39, 0.29) is 0 Å². The largest absolute Gasteiger partial charge is 0.342 e. The van der Waals surface area contributed by atoms with E-state index < -0.39 is 16.5 Å². The van der Waals surface area contributed by atoms with E-state index in [0.29, 0.717) is 0 Å². The van der Waals surface area contributed by atoms with Crippen LogP contribution in [0, 0.1) is 0 Å². The van der Waals surface area contributed by atoms with Crippen LogP contribution in [-0.2, 0) is 7.05 Å². The highest BCUT2D eigenvalue weighted by atomic mass is 28.3. The van der Waals surface area contributed by atoms with Crippen molar-refractivity contribution in [1.29, 1.82) is 0 Å². The van der Waals surface area contributed by atoms with Gasteiger partial charge in [0.25, 0.3) is 16.5 Å². The third-order valence-electron chi connectivity index (χ3n) is 9.68. The van der Waals surface area contributed by atoms with E-state index in [1.54, 1.807) is 0 Å². The Bertz CT molecular complexity index is 1860. The summed E-state index contributed by atoms with van der Waals surface area (Å²) < 4.78 is 14.0. The zero-order chi connectivity index (χ0) is 34.4. The first kappa shape index (κ1) is 32.9. The van der Waals surface area contributed by atoms with Crippen molar-refractivity contribution in [1.82, 2.24) is 4.57 Å². The summed E-state index contributed by atoms with van der Waals surface area (Å²) in [6, 6.07) is 69.5. The van der Waals surface area contributed by atoms with Crippen molar-refractivity contribution < 1.29 is 0 Å². The Morgan fingerprint density at radius 1 is 0.340 bits per heavy atom. The van der Waals surface area contributed by atoms with Crippen molar-refractivity contribution in [2.45, 2.75) is 13.8 Å². The van der Waals surface area contributed by atoms with Crippen LogP contribution in [0.1, 0.15) is 25.2 Å². The van der Waals surface area contributed by atoms with E-state index >= 15 is 0 Å². The minimum atomic E-state index is -2.83. The second-order valence-electron chi connectivity index (χ2n) is 12.7. The third-order valence-corrected chi connectivity index (χ3v) is 18.0. The van der Waals surface area contributed by atoms with Gasteiger partial charge in [0.15, 0.2) is 0 Å². The Kier molecular flexibility index (Phi) is 9.52. The van der Waals surface area contributed by atoms with Crippen LogP contribution in [0.25, 0.3) is 0 Å². The maximum atomic E-state index is 5.84. The number of rotatable bonds is 10.